The zero-order chi connectivity index (χ0) is 26.6. The van der Waals surface area contributed by atoms with Gasteiger partial charge in [-0.25, -0.2) is 0 Å². The molecule has 1 amide bonds. The quantitative estimate of drug-likeness (QED) is 0.0985. The lowest BCUT2D eigenvalue weighted by atomic mass is 10.1. The van der Waals surface area contributed by atoms with E-state index in [1.54, 1.807) is 55.5 Å². The van der Waals surface area contributed by atoms with Crippen molar-refractivity contribution >= 4 is 41.2 Å². The molecule has 0 saturated heterocycles. The molecule has 0 spiro atoms. The molecule has 0 unspecified atom stereocenters. The molecule has 0 aliphatic heterocycles. The van der Waals surface area contributed by atoms with Crippen LogP contribution in [-0.4, -0.2) is 25.1 Å². The Balaban J connectivity index is 1.58. The number of carbonyl (C=O) groups is 2. The Hall–Kier alpha value is -3.93. The molecular weight excluding hydrogens is 519 g/mol. The Morgan fingerprint density at radius 2 is 1.89 bits per heavy atom. The molecule has 8 nitrogen and oxygen atoms in total. The summed E-state index contributed by atoms with van der Waals surface area (Å²) in [5.41, 5.74) is 0.431. The molecule has 1 N–H and O–H groups in total. The van der Waals surface area contributed by atoms with E-state index in [1.165, 1.54) is 12.3 Å². The monoisotopic (exact) mass is 542 g/mol. The van der Waals surface area contributed by atoms with Crippen molar-refractivity contribution in [3.63, 3.8) is 0 Å². The molecule has 1 heterocycles. The molecule has 0 radical (unpaired) electrons. The molecule has 10 heteroatoms. The van der Waals surface area contributed by atoms with Crippen molar-refractivity contribution < 1.29 is 28.2 Å². The number of ether oxygens (including phenoxy) is 3. The van der Waals surface area contributed by atoms with E-state index in [2.05, 4.69) is 5.32 Å². The molecule has 3 aromatic rings. The van der Waals surface area contributed by atoms with Gasteiger partial charge in [0, 0.05) is 11.4 Å². The van der Waals surface area contributed by atoms with Gasteiger partial charge in [-0.05, 0) is 67.4 Å². The number of rotatable bonds is 12. The van der Waals surface area contributed by atoms with Gasteiger partial charge in [-0.1, -0.05) is 29.3 Å². The molecule has 0 bridgehead atoms. The van der Waals surface area contributed by atoms with Crippen LogP contribution in [0.25, 0.3) is 6.08 Å². The first-order valence-electron chi connectivity index (χ1n) is 11.4. The predicted molar refractivity (Wildman–Crippen MR) is 139 cm³/mol. The minimum Gasteiger partial charge on any atom is -0.492 e. The number of nitrogens with zero attached hydrogens (tertiary/aromatic N) is 1. The lowest BCUT2D eigenvalue weighted by Crippen LogP contribution is -2.23. The van der Waals surface area contributed by atoms with E-state index in [1.807, 2.05) is 6.07 Å². The maximum atomic E-state index is 12.4. The fraction of sp³-hybridized carbons (Fsp3) is 0.222. The highest BCUT2D eigenvalue weighted by molar-refractivity contribution is 6.35. The standard InChI is InChI=1S/C27H24Cl2N2O6/c1-2-34-25-14-18(13-19(16-30)27(33)31-17-21-5-3-11-35-21)7-9-24(25)37-26(32)6-4-12-36-23-10-8-20(28)15-22(23)29/h3,5,7-11,13-15H,2,4,6,12,17H2,1H3,(H,31,33)/b19-13+. The van der Waals surface area contributed by atoms with Crippen molar-refractivity contribution in [1.29, 1.82) is 5.26 Å². The highest BCUT2D eigenvalue weighted by Gasteiger charge is 2.14. The van der Waals surface area contributed by atoms with Crippen LogP contribution in [0.3, 0.4) is 0 Å². The number of hydrogen-bond donors (Lipinski definition) is 1. The topological polar surface area (TPSA) is 111 Å². The van der Waals surface area contributed by atoms with E-state index in [9.17, 15) is 14.9 Å². The number of nitrogens with one attached hydrogen (secondary N) is 1. The van der Waals surface area contributed by atoms with Crippen LogP contribution < -0.4 is 19.5 Å². The summed E-state index contributed by atoms with van der Waals surface area (Å²) in [6, 6.07) is 15.0. The third kappa shape index (κ3) is 8.60. The maximum Gasteiger partial charge on any atom is 0.311 e. The Labute approximate surface area is 224 Å². The fourth-order valence-electron chi connectivity index (χ4n) is 3.12. The van der Waals surface area contributed by atoms with Gasteiger partial charge in [-0.15, -0.1) is 0 Å². The van der Waals surface area contributed by atoms with Crippen LogP contribution in [0.15, 0.2) is 64.8 Å². The van der Waals surface area contributed by atoms with Crippen LogP contribution in [-0.2, 0) is 16.1 Å². The van der Waals surface area contributed by atoms with Gasteiger partial charge < -0.3 is 23.9 Å². The van der Waals surface area contributed by atoms with Crippen LogP contribution in [0.5, 0.6) is 17.2 Å². The third-order valence-electron chi connectivity index (χ3n) is 4.85. The summed E-state index contributed by atoms with van der Waals surface area (Å²) in [6.07, 6.45) is 3.43. The zero-order valence-electron chi connectivity index (χ0n) is 20.0. The molecule has 192 valence electrons. The average molecular weight is 543 g/mol. The molecule has 0 aliphatic carbocycles. The average Bonchev–Trinajstić information content (AvgIpc) is 3.40. The molecule has 2 aromatic carbocycles. The van der Waals surface area contributed by atoms with Crippen LogP contribution in [0, 0.1) is 11.3 Å². The number of halogens is 2. The largest absolute Gasteiger partial charge is 0.492 e. The van der Waals surface area contributed by atoms with Crippen molar-refractivity contribution in [2.24, 2.45) is 0 Å². The first kappa shape index (κ1) is 27.7. The van der Waals surface area contributed by atoms with Crippen LogP contribution >= 0.6 is 23.2 Å². The summed E-state index contributed by atoms with van der Waals surface area (Å²) in [5, 5.41) is 13.0. The van der Waals surface area contributed by atoms with Crippen molar-refractivity contribution in [3.05, 3.63) is 81.7 Å². The van der Waals surface area contributed by atoms with Gasteiger partial charge in [0.15, 0.2) is 11.5 Å². The number of esters is 1. The van der Waals surface area contributed by atoms with Gasteiger partial charge in [0.05, 0.1) is 31.0 Å². The van der Waals surface area contributed by atoms with Crippen LogP contribution in [0.1, 0.15) is 31.1 Å². The predicted octanol–water partition coefficient (Wildman–Crippen LogP) is 5.97. The molecule has 3 rings (SSSR count). The summed E-state index contributed by atoms with van der Waals surface area (Å²) in [5.74, 6) is 0.567. The SMILES string of the molecule is CCOc1cc(/C=C(\C#N)C(=O)NCc2ccco2)ccc1OC(=O)CCCOc1ccc(Cl)cc1Cl. The first-order valence-corrected chi connectivity index (χ1v) is 12.1. The zero-order valence-corrected chi connectivity index (χ0v) is 21.5. The van der Waals surface area contributed by atoms with Crippen molar-refractivity contribution in [1.82, 2.24) is 5.32 Å². The molecule has 0 saturated carbocycles. The lowest BCUT2D eigenvalue weighted by molar-refractivity contribution is -0.134. The number of amides is 1. The number of carbonyl (C=O) groups excluding carboxylic acids is 2. The highest BCUT2D eigenvalue weighted by Crippen LogP contribution is 2.30. The molecule has 0 atom stereocenters. The molecule has 37 heavy (non-hydrogen) atoms. The normalized spacial score (nSPS) is 10.9. The van der Waals surface area contributed by atoms with Crippen molar-refractivity contribution in [3.8, 4) is 23.3 Å². The fourth-order valence-corrected chi connectivity index (χ4v) is 3.59. The Morgan fingerprint density at radius 1 is 1.08 bits per heavy atom. The van der Waals surface area contributed by atoms with E-state index in [0.717, 1.165) is 0 Å². The highest BCUT2D eigenvalue weighted by atomic mass is 35.5. The second kappa shape index (κ2) is 14.0. The second-order valence-electron chi connectivity index (χ2n) is 7.57. The van der Waals surface area contributed by atoms with E-state index in [0.29, 0.717) is 45.9 Å². The van der Waals surface area contributed by atoms with Gasteiger partial charge in [0.2, 0.25) is 0 Å². The van der Waals surface area contributed by atoms with Gasteiger partial charge in [0.1, 0.15) is 23.2 Å². The molecule has 0 fully saturated rings. The second-order valence-corrected chi connectivity index (χ2v) is 8.42. The van der Waals surface area contributed by atoms with Gasteiger partial charge in [-0.3, -0.25) is 9.59 Å². The molecule has 0 aliphatic rings. The third-order valence-corrected chi connectivity index (χ3v) is 5.38. The Morgan fingerprint density at radius 3 is 2.59 bits per heavy atom. The van der Waals surface area contributed by atoms with E-state index < -0.39 is 11.9 Å². The van der Waals surface area contributed by atoms with Crippen molar-refractivity contribution in [2.75, 3.05) is 13.2 Å². The molecular formula is C27H24Cl2N2O6. The minimum atomic E-state index is -0.547. The summed E-state index contributed by atoms with van der Waals surface area (Å²) in [7, 11) is 0. The smallest absolute Gasteiger partial charge is 0.311 e. The number of hydrogen-bond acceptors (Lipinski definition) is 7. The van der Waals surface area contributed by atoms with Crippen LogP contribution in [0.2, 0.25) is 10.0 Å². The van der Waals surface area contributed by atoms with Crippen molar-refractivity contribution in [2.45, 2.75) is 26.3 Å². The van der Waals surface area contributed by atoms with E-state index >= 15 is 0 Å². The van der Waals surface area contributed by atoms with E-state index in [-0.39, 0.29) is 30.9 Å². The van der Waals surface area contributed by atoms with Gasteiger partial charge in [-0.2, -0.15) is 5.26 Å². The summed E-state index contributed by atoms with van der Waals surface area (Å²) < 4.78 is 21.8. The number of benzene rings is 2. The summed E-state index contributed by atoms with van der Waals surface area (Å²) in [6.45, 7) is 2.53. The number of furan rings is 1. The van der Waals surface area contributed by atoms with Crippen LogP contribution in [0.4, 0.5) is 0 Å². The first-order chi connectivity index (χ1) is 17.9. The van der Waals surface area contributed by atoms with Gasteiger partial charge in [0.25, 0.3) is 5.91 Å². The number of nitriles is 1. The molecule has 1 aromatic heterocycles. The van der Waals surface area contributed by atoms with Gasteiger partial charge >= 0.3 is 5.97 Å². The maximum absolute atomic E-state index is 12.4. The minimum absolute atomic E-state index is 0.0976. The summed E-state index contributed by atoms with van der Waals surface area (Å²) in [4.78, 5) is 24.7. The Kier molecular flexibility index (Phi) is 10.4. The Bertz CT molecular complexity index is 1300. The van der Waals surface area contributed by atoms with E-state index in [4.69, 9.17) is 41.8 Å². The summed E-state index contributed by atoms with van der Waals surface area (Å²) >= 11 is 11.9. The lowest BCUT2D eigenvalue weighted by Gasteiger charge is -2.12.